The van der Waals surface area contributed by atoms with Crippen LogP contribution in [0.25, 0.3) is 0 Å². The molecule has 0 spiro atoms. The molecule has 1 rings (SSSR count). The van der Waals surface area contributed by atoms with Gasteiger partial charge in [-0.25, -0.2) is 13.2 Å². The van der Waals surface area contributed by atoms with Crippen LogP contribution < -0.4 is 0 Å². The number of halogens is 4. The molecule has 0 aliphatic carbocycles. The van der Waals surface area contributed by atoms with E-state index in [-0.39, 0.29) is 4.47 Å². The number of alkyl halides is 2. The number of hydrogen-bond acceptors (Lipinski definition) is 1. The molecule has 0 saturated carbocycles. The minimum absolute atomic E-state index is 0.00694. The Hall–Kier alpha value is -0.580. The molecule has 1 heterocycles. The predicted molar refractivity (Wildman–Crippen MR) is 36.9 cm³/mol. The Balaban J connectivity index is 3.09. The minimum atomic E-state index is -2.68. The van der Waals surface area contributed by atoms with Crippen molar-refractivity contribution in [1.82, 2.24) is 4.98 Å². The largest absolute Gasteiger partial charge is 0.281 e. The van der Waals surface area contributed by atoms with Crippen molar-refractivity contribution in [2.75, 3.05) is 0 Å². The van der Waals surface area contributed by atoms with Crippen molar-refractivity contribution in [3.8, 4) is 0 Å². The van der Waals surface area contributed by atoms with Crippen LogP contribution in [-0.4, -0.2) is 4.98 Å². The van der Waals surface area contributed by atoms with Crippen molar-refractivity contribution in [2.24, 2.45) is 0 Å². The highest BCUT2D eigenvalue weighted by atomic mass is 79.9. The predicted octanol–water partition coefficient (Wildman–Crippen LogP) is 2.92. The molecule has 0 aromatic carbocycles. The molecule has 0 bridgehead atoms. The second-order valence-electron chi connectivity index (χ2n) is 1.82. The fourth-order valence-corrected chi connectivity index (χ4v) is 1.08. The van der Waals surface area contributed by atoms with Crippen molar-refractivity contribution in [1.29, 1.82) is 0 Å². The first-order chi connectivity index (χ1) is 5.11. The lowest BCUT2D eigenvalue weighted by molar-refractivity contribution is 0.145. The molecule has 1 aromatic rings. The first kappa shape index (κ1) is 8.52. The lowest BCUT2D eigenvalue weighted by Crippen LogP contribution is -1.92. The highest BCUT2D eigenvalue weighted by Gasteiger charge is 2.13. The standard InChI is InChI=1S/C6H3BrF3N/c7-4-1-3(8)2-11-5(4)6(9)10/h1-2,6H. The molecule has 0 unspecified atom stereocenters. The quantitative estimate of drug-likeness (QED) is 0.717. The fourth-order valence-electron chi connectivity index (χ4n) is 0.586. The average molecular weight is 226 g/mol. The summed E-state index contributed by atoms with van der Waals surface area (Å²) in [7, 11) is 0. The zero-order valence-electron chi connectivity index (χ0n) is 5.19. The molecule has 0 N–H and O–H groups in total. The Morgan fingerprint density at radius 1 is 1.45 bits per heavy atom. The molecule has 0 atom stereocenters. The number of hydrogen-bond donors (Lipinski definition) is 0. The van der Waals surface area contributed by atoms with Gasteiger partial charge in [-0.3, -0.25) is 4.98 Å². The third-order valence-corrected chi connectivity index (χ3v) is 1.68. The Morgan fingerprint density at radius 3 is 2.55 bits per heavy atom. The molecule has 0 amide bonds. The van der Waals surface area contributed by atoms with Crippen LogP contribution in [-0.2, 0) is 0 Å². The summed E-state index contributed by atoms with van der Waals surface area (Å²) in [6.07, 6.45) is -1.92. The second kappa shape index (κ2) is 3.21. The highest BCUT2D eigenvalue weighted by molar-refractivity contribution is 9.10. The van der Waals surface area contributed by atoms with Crippen LogP contribution in [0.5, 0.6) is 0 Å². The lowest BCUT2D eigenvalue weighted by atomic mass is 10.3. The fraction of sp³-hybridized carbons (Fsp3) is 0.167. The van der Waals surface area contributed by atoms with Crippen molar-refractivity contribution in [2.45, 2.75) is 6.43 Å². The van der Waals surface area contributed by atoms with Crippen LogP contribution in [0.15, 0.2) is 16.7 Å². The van der Waals surface area contributed by atoms with Crippen LogP contribution in [0.1, 0.15) is 12.1 Å². The van der Waals surface area contributed by atoms with Gasteiger partial charge < -0.3 is 0 Å². The summed E-state index contributed by atoms with van der Waals surface area (Å²) in [5.74, 6) is -0.638. The number of pyridine rings is 1. The monoisotopic (exact) mass is 225 g/mol. The Bertz CT molecular complexity index is 264. The summed E-state index contributed by atoms with van der Waals surface area (Å²) >= 11 is 2.77. The van der Waals surface area contributed by atoms with Crippen molar-refractivity contribution >= 4 is 15.9 Å². The molecule has 0 aliphatic heterocycles. The molecule has 0 saturated heterocycles. The Kier molecular flexibility index (Phi) is 2.49. The van der Waals surface area contributed by atoms with E-state index in [0.717, 1.165) is 12.3 Å². The SMILES string of the molecule is Fc1cnc(C(F)F)c(Br)c1. The summed E-state index contributed by atoms with van der Waals surface area (Å²) in [6, 6.07) is 0.953. The van der Waals surface area contributed by atoms with Gasteiger partial charge >= 0.3 is 0 Å². The van der Waals surface area contributed by atoms with Gasteiger partial charge in [0, 0.05) is 4.47 Å². The van der Waals surface area contributed by atoms with Gasteiger partial charge in [-0.1, -0.05) is 0 Å². The molecule has 60 valence electrons. The van der Waals surface area contributed by atoms with Crippen molar-refractivity contribution in [3.63, 3.8) is 0 Å². The van der Waals surface area contributed by atoms with Gasteiger partial charge in [-0.05, 0) is 22.0 Å². The van der Waals surface area contributed by atoms with E-state index in [9.17, 15) is 13.2 Å². The average Bonchev–Trinajstić information content (AvgIpc) is 1.85. The van der Waals surface area contributed by atoms with Crippen LogP contribution in [0.4, 0.5) is 13.2 Å². The van der Waals surface area contributed by atoms with Crippen LogP contribution in [0.2, 0.25) is 0 Å². The molecule has 1 aromatic heterocycles. The summed E-state index contributed by atoms with van der Waals surface area (Å²) < 4.78 is 36.2. The Labute approximate surface area is 69.4 Å². The van der Waals surface area contributed by atoms with E-state index in [1.165, 1.54) is 0 Å². The molecular weight excluding hydrogens is 223 g/mol. The summed E-state index contributed by atoms with van der Waals surface area (Å²) in [5, 5.41) is 0. The molecule has 0 fully saturated rings. The van der Waals surface area contributed by atoms with E-state index in [2.05, 4.69) is 20.9 Å². The first-order valence-electron chi connectivity index (χ1n) is 2.70. The van der Waals surface area contributed by atoms with Crippen molar-refractivity contribution in [3.05, 3.63) is 28.2 Å². The van der Waals surface area contributed by atoms with Gasteiger partial charge in [0.05, 0.1) is 6.20 Å². The highest BCUT2D eigenvalue weighted by Crippen LogP contribution is 2.24. The van der Waals surface area contributed by atoms with Gasteiger partial charge in [0.2, 0.25) is 0 Å². The molecule has 5 heteroatoms. The maximum absolute atomic E-state index is 12.3. The van der Waals surface area contributed by atoms with E-state index in [0.29, 0.717) is 0 Å². The van der Waals surface area contributed by atoms with Crippen LogP contribution in [0.3, 0.4) is 0 Å². The maximum Gasteiger partial charge on any atom is 0.281 e. The van der Waals surface area contributed by atoms with Crippen molar-refractivity contribution < 1.29 is 13.2 Å². The zero-order valence-corrected chi connectivity index (χ0v) is 6.78. The third kappa shape index (κ3) is 1.92. The first-order valence-corrected chi connectivity index (χ1v) is 3.49. The molecule has 0 aliphatic rings. The van der Waals surface area contributed by atoms with E-state index in [4.69, 9.17) is 0 Å². The van der Waals surface area contributed by atoms with Crippen LogP contribution >= 0.6 is 15.9 Å². The number of nitrogens with zero attached hydrogens (tertiary/aromatic N) is 1. The molecular formula is C6H3BrF3N. The summed E-state index contributed by atoms with van der Waals surface area (Å²) in [4.78, 5) is 3.21. The Morgan fingerprint density at radius 2 is 2.09 bits per heavy atom. The molecule has 0 radical (unpaired) electrons. The summed E-state index contributed by atoms with van der Waals surface area (Å²) in [6.45, 7) is 0. The van der Waals surface area contributed by atoms with Gasteiger partial charge in [0.15, 0.2) is 0 Å². The minimum Gasteiger partial charge on any atom is -0.251 e. The van der Waals surface area contributed by atoms with Crippen LogP contribution in [0, 0.1) is 5.82 Å². The number of rotatable bonds is 1. The lowest BCUT2D eigenvalue weighted by Gasteiger charge is -1.99. The second-order valence-corrected chi connectivity index (χ2v) is 2.68. The summed E-state index contributed by atoms with van der Waals surface area (Å²) in [5.41, 5.74) is -0.439. The van der Waals surface area contributed by atoms with Gasteiger partial charge in [-0.15, -0.1) is 0 Å². The maximum atomic E-state index is 12.3. The van der Waals surface area contributed by atoms with Gasteiger partial charge in [0.25, 0.3) is 6.43 Å². The van der Waals surface area contributed by atoms with Gasteiger partial charge in [-0.2, -0.15) is 0 Å². The van der Waals surface area contributed by atoms with Gasteiger partial charge in [0.1, 0.15) is 11.5 Å². The van der Waals surface area contributed by atoms with E-state index >= 15 is 0 Å². The van der Waals surface area contributed by atoms with E-state index in [1.54, 1.807) is 0 Å². The molecule has 1 nitrogen and oxygen atoms in total. The topological polar surface area (TPSA) is 12.9 Å². The number of aromatic nitrogens is 1. The zero-order chi connectivity index (χ0) is 8.43. The third-order valence-electron chi connectivity index (χ3n) is 1.04. The van der Waals surface area contributed by atoms with E-state index < -0.39 is 17.9 Å². The van der Waals surface area contributed by atoms with E-state index in [1.807, 2.05) is 0 Å². The molecule has 11 heavy (non-hydrogen) atoms. The normalized spacial score (nSPS) is 10.6. The smallest absolute Gasteiger partial charge is 0.251 e.